The Morgan fingerprint density at radius 3 is 1.22 bits per heavy atom. The van der Waals surface area contributed by atoms with Gasteiger partial charge in [-0.3, -0.25) is 9.59 Å². The summed E-state index contributed by atoms with van der Waals surface area (Å²) < 4.78 is 5.07. The van der Waals surface area contributed by atoms with E-state index >= 15 is 0 Å². The highest BCUT2D eigenvalue weighted by Gasteiger charge is 2.18. The van der Waals surface area contributed by atoms with Gasteiger partial charge < -0.3 is 4.74 Å². The Kier molecular flexibility index (Phi) is 29.6. The van der Waals surface area contributed by atoms with Gasteiger partial charge in [0.25, 0.3) is 0 Å². The molecule has 0 rings (SSSR count). The lowest BCUT2D eigenvalue weighted by Crippen LogP contribution is -2.21. The van der Waals surface area contributed by atoms with Crippen molar-refractivity contribution in [3.63, 3.8) is 0 Å². The van der Waals surface area contributed by atoms with Gasteiger partial charge in [0.05, 0.1) is 0 Å². The molecule has 0 spiro atoms. The summed E-state index contributed by atoms with van der Waals surface area (Å²) in [7, 11) is 0. The van der Waals surface area contributed by atoms with Crippen LogP contribution in [0.1, 0.15) is 188 Å². The number of ether oxygens (including phenoxy) is 1. The smallest absolute Gasteiger partial charge is 0.326 e. The van der Waals surface area contributed by atoms with Gasteiger partial charge in [0, 0.05) is 6.42 Å². The molecule has 0 saturated heterocycles. The van der Waals surface area contributed by atoms with Crippen LogP contribution in [0, 0.1) is 0 Å². The SMILES string of the molecule is CCCCCCCCCCCCCCCCCCSC(C)C(=O)OC(=O)CCCCCCCCCCC. The summed E-state index contributed by atoms with van der Waals surface area (Å²) in [6.07, 6.45) is 33.3. The Hall–Kier alpha value is -0.510. The maximum absolute atomic E-state index is 12.2. The molecule has 3 nitrogen and oxygen atoms in total. The van der Waals surface area contributed by atoms with E-state index in [2.05, 4.69) is 13.8 Å². The Balaban J connectivity index is 3.40. The quantitative estimate of drug-likeness (QED) is 0.0537. The van der Waals surface area contributed by atoms with Gasteiger partial charge in [0.1, 0.15) is 5.25 Å². The highest BCUT2D eigenvalue weighted by Crippen LogP contribution is 2.18. The zero-order valence-electron chi connectivity index (χ0n) is 25.3. The predicted octanol–water partition coefficient (Wildman–Crippen LogP) is 11.4. The summed E-state index contributed by atoms with van der Waals surface area (Å²) in [5.41, 5.74) is 0. The van der Waals surface area contributed by atoms with E-state index in [1.165, 1.54) is 141 Å². The van der Waals surface area contributed by atoms with Crippen molar-refractivity contribution < 1.29 is 14.3 Å². The predicted molar refractivity (Wildman–Crippen MR) is 164 cm³/mol. The second-order valence-electron chi connectivity index (χ2n) is 11.2. The molecular formula is C33H64O3S. The molecule has 0 aliphatic heterocycles. The van der Waals surface area contributed by atoms with Crippen LogP contribution in [0.5, 0.6) is 0 Å². The fraction of sp³-hybridized carbons (Fsp3) is 0.939. The van der Waals surface area contributed by atoms with Crippen LogP contribution in [-0.4, -0.2) is 22.9 Å². The minimum atomic E-state index is -0.359. The van der Waals surface area contributed by atoms with Crippen LogP contribution in [0.15, 0.2) is 0 Å². The second-order valence-corrected chi connectivity index (χ2v) is 12.6. The van der Waals surface area contributed by atoms with Crippen molar-refractivity contribution in [2.45, 2.75) is 193 Å². The van der Waals surface area contributed by atoms with Crippen LogP contribution < -0.4 is 0 Å². The number of thioether (sulfide) groups is 1. The van der Waals surface area contributed by atoms with Crippen molar-refractivity contribution in [3.8, 4) is 0 Å². The molecule has 4 heteroatoms. The maximum atomic E-state index is 12.2. The van der Waals surface area contributed by atoms with Crippen LogP contribution in [0.3, 0.4) is 0 Å². The maximum Gasteiger partial charge on any atom is 0.326 e. The minimum absolute atomic E-state index is 0.247. The molecule has 220 valence electrons. The van der Waals surface area contributed by atoms with Crippen LogP contribution in [0.4, 0.5) is 0 Å². The molecule has 0 saturated carbocycles. The monoisotopic (exact) mass is 540 g/mol. The summed E-state index contributed by atoms with van der Waals surface area (Å²) in [6.45, 7) is 6.39. The molecule has 1 unspecified atom stereocenters. The number of carbonyl (C=O) groups is 2. The summed E-state index contributed by atoms with van der Waals surface area (Å²) in [4.78, 5) is 24.1. The van der Waals surface area contributed by atoms with Gasteiger partial charge in [-0.1, -0.05) is 162 Å². The molecule has 0 aromatic heterocycles. The van der Waals surface area contributed by atoms with Crippen molar-refractivity contribution in [1.29, 1.82) is 0 Å². The molecule has 0 fully saturated rings. The average Bonchev–Trinajstić information content (AvgIpc) is 2.89. The highest BCUT2D eigenvalue weighted by atomic mass is 32.2. The fourth-order valence-corrected chi connectivity index (χ4v) is 5.71. The topological polar surface area (TPSA) is 43.4 Å². The first-order valence-electron chi connectivity index (χ1n) is 16.5. The van der Waals surface area contributed by atoms with Crippen LogP contribution in [-0.2, 0) is 14.3 Å². The lowest BCUT2D eigenvalue weighted by atomic mass is 10.0. The third-order valence-corrected chi connectivity index (χ3v) is 8.61. The van der Waals surface area contributed by atoms with E-state index in [1.807, 2.05) is 6.92 Å². The van der Waals surface area contributed by atoms with Gasteiger partial charge in [-0.05, 0) is 25.5 Å². The van der Waals surface area contributed by atoms with Gasteiger partial charge in [0.15, 0.2) is 0 Å². The molecule has 0 amide bonds. The number of carbonyl (C=O) groups excluding carboxylic acids is 2. The van der Waals surface area contributed by atoms with Crippen molar-refractivity contribution in [2.75, 3.05) is 5.75 Å². The van der Waals surface area contributed by atoms with Gasteiger partial charge in [-0.2, -0.15) is 0 Å². The van der Waals surface area contributed by atoms with E-state index in [0.29, 0.717) is 6.42 Å². The normalized spacial score (nSPS) is 12.1. The molecule has 0 bridgehead atoms. The molecule has 0 N–H and O–H groups in total. The highest BCUT2D eigenvalue weighted by molar-refractivity contribution is 8.00. The van der Waals surface area contributed by atoms with Crippen LogP contribution in [0.2, 0.25) is 0 Å². The minimum Gasteiger partial charge on any atom is -0.392 e. The van der Waals surface area contributed by atoms with E-state index < -0.39 is 0 Å². The first-order chi connectivity index (χ1) is 18.1. The molecule has 0 radical (unpaired) electrons. The molecular weight excluding hydrogens is 476 g/mol. The Morgan fingerprint density at radius 2 is 0.838 bits per heavy atom. The fourth-order valence-electron chi connectivity index (χ4n) is 4.80. The molecule has 0 aliphatic rings. The van der Waals surface area contributed by atoms with E-state index in [1.54, 1.807) is 11.8 Å². The lowest BCUT2D eigenvalue weighted by molar-refractivity contribution is -0.159. The van der Waals surface area contributed by atoms with Crippen LogP contribution >= 0.6 is 11.8 Å². The molecule has 0 aromatic carbocycles. The zero-order valence-corrected chi connectivity index (χ0v) is 26.1. The van der Waals surface area contributed by atoms with E-state index in [9.17, 15) is 9.59 Å². The van der Waals surface area contributed by atoms with Crippen molar-refractivity contribution >= 4 is 23.7 Å². The Morgan fingerprint density at radius 1 is 0.514 bits per heavy atom. The first-order valence-corrected chi connectivity index (χ1v) is 17.5. The summed E-state index contributed by atoms with van der Waals surface area (Å²) >= 11 is 1.63. The lowest BCUT2D eigenvalue weighted by Gasteiger charge is -2.10. The number of esters is 2. The molecule has 0 heterocycles. The molecule has 0 aliphatic carbocycles. The number of unbranched alkanes of at least 4 members (excludes halogenated alkanes) is 23. The zero-order chi connectivity index (χ0) is 27.2. The number of hydrogen-bond donors (Lipinski definition) is 0. The third-order valence-electron chi connectivity index (χ3n) is 7.40. The first kappa shape index (κ1) is 36.5. The van der Waals surface area contributed by atoms with E-state index in [4.69, 9.17) is 4.74 Å². The van der Waals surface area contributed by atoms with Gasteiger partial charge in [0.2, 0.25) is 0 Å². The van der Waals surface area contributed by atoms with Gasteiger partial charge in [-0.15, -0.1) is 11.8 Å². The Bertz CT molecular complexity index is 494. The summed E-state index contributed by atoms with van der Waals surface area (Å²) in [6, 6.07) is 0. The van der Waals surface area contributed by atoms with Crippen molar-refractivity contribution in [3.05, 3.63) is 0 Å². The third kappa shape index (κ3) is 28.3. The van der Waals surface area contributed by atoms with E-state index in [0.717, 1.165) is 25.0 Å². The summed E-state index contributed by atoms with van der Waals surface area (Å²) in [5, 5.41) is -0.247. The van der Waals surface area contributed by atoms with Gasteiger partial charge >= 0.3 is 11.9 Å². The number of rotatable bonds is 29. The average molecular weight is 541 g/mol. The standard InChI is InChI=1S/C33H64O3S/c1-4-6-8-10-12-14-15-16-17-18-19-20-22-24-26-28-30-37-31(3)33(35)36-32(34)29-27-25-23-21-13-11-9-7-5-2/h31H,4-30H2,1-3H3. The molecule has 1 atom stereocenters. The number of hydrogen-bond acceptors (Lipinski definition) is 4. The summed E-state index contributed by atoms with van der Waals surface area (Å²) in [5.74, 6) is 0.270. The van der Waals surface area contributed by atoms with Gasteiger partial charge in [-0.25, -0.2) is 0 Å². The van der Waals surface area contributed by atoms with Crippen molar-refractivity contribution in [1.82, 2.24) is 0 Å². The van der Waals surface area contributed by atoms with Crippen molar-refractivity contribution in [2.24, 2.45) is 0 Å². The molecule has 0 aromatic rings. The van der Waals surface area contributed by atoms with E-state index in [-0.39, 0.29) is 17.2 Å². The largest absolute Gasteiger partial charge is 0.392 e. The second kappa shape index (κ2) is 30.0. The Labute approximate surface area is 236 Å². The molecule has 37 heavy (non-hydrogen) atoms. The van der Waals surface area contributed by atoms with Crippen LogP contribution in [0.25, 0.3) is 0 Å².